The molecule has 0 spiro atoms. The van der Waals surface area contributed by atoms with Crippen molar-refractivity contribution in [2.75, 3.05) is 17.2 Å². The Bertz CT molecular complexity index is 1090. The first kappa shape index (κ1) is 23.4. The molecule has 7 nitrogen and oxygen atoms in total. The average molecular weight is 469 g/mol. The van der Waals surface area contributed by atoms with Crippen LogP contribution in [0.1, 0.15) is 24.6 Å². The second-order valence-electron chi connectivity index (χ2n) is 7.05. The van der Waals surface area contributed by atoms with Crippen LogP contribution < -0.4 is 15.4 Å². The molecule has 1 unspecified atom stereocenters. The van der Waals surface area contributed by atoms with Crippen molar-refractivity contribution >= 4 is 40.5 Å². The van der Waals surface area contributed by atoms with Crippen molar-refractivity contribution in [1.29, 1.82) is 0 Å². The van der Waals surface area contributed by atoms with Gasteiger partial charge in [0, 0.05) is 24.4 Å². The number of nitrogens with zero attached hydrogens (tertiary/aromatic N) is 2. The molecule has 0 saturated carbocycles. The minimum atomic E-state index is -4.69. The minimum Gasteiger partial charge on any atom is -0.467 e. The van der Waals surface area contributed by atoms with Gasteiger partial charge in [-0.25, -0.2) is 4.68 Å². The van der Waals surface area contributed by atoms with Gasteiger partial charge < -0.3 is 15.4 Å². The minimum absolute atomic E-state index is 0.226. The summed E-state index contributed by atoms with van der Waals surface area (Å²) in [7, 11) is 0. The largest absolute Gasteiger partial charge is 0.467 e. The van der Waals surface area contributed by atoms with Gasteiger partial charge in [0.15, 0.2) is 12.3 Å². The van der Waals surface area contributed by atoms with Crippen LogP contribution >= 0.6 is 11.6 Å². The molecule has 32 heavy (non-hydrogen) atoms. The van der Waals surface area contributed by atoms with Crippen molar-refractivity contribution < 1.29 is 27.5 Å². The number of hydrogen-bond donors (Lipinski definition) is 2. The summed E-state index contributed by atoms with van der Waals surface area (Å²) >= 11 is 6.22. The highest BCUT2D eigenvalue weighted by Crippen LogP contribution is 2.34. The Balaban J connectivity index is 1.73. The molecule has 0 fully saturated rings. The van der Waals surface area contributed by atoms with Crippen molar-refractivity contribution in [3.8, 4) is 5.88 Å². The molecule has 11 heteroatoms. The monoisotopic (exact) mass is 468 g/mol. The average Bonchev–Trinajstić information content (AvgIpc) is 3.13. The number of benzene rings is 1. The maximum atomic E-state index is 13.2. The number of carbonyl (C=O) groups is 2. The van der Waals surface area contributed by atoms with E-state index in [4.69, 9.17) is 16.3 Å². The number of nitrogens with one attached hydrogen (secondary N) is 2. The number of amides is 2. The number of anilines is 2. The van der Waals surface area contributed by atoms with E-state index < -0.39 is 29.8 Å². The Morgan fingerprint density at radius 2 is 2.03 bits per heavy atom. The van der Waals surface area contributed by atoms with Gasteiger partial charge in [-0.2, -0.15) is 18.3 Å². The number of alkyl halides is 4. The van der Waals surface area contributed by atoms with Crippen LogP contribution in [0, 0.1) is 6.92 Å². The zero-order valence-corrected chi connectivity index (χ0v) is 17.9. The Hall–Kier alpha value is -3.27. The zero-order valence-electron chi connectivity index (χ0n) is 17.2. The maximum Gasteiger partial charge on any atom is 0.435 e. The molecule has 0 radical (unpaired) electrons. The number of rotatable bonds is 6. The van der Waals surface area contributed by atoms with Crippen LogP contribution in [-0.4, -0.2) is 33.6 Å². The van der Waals surface area contributed by atoms with E-state index in [1.165, 1.54) is 6.92 Å². The fraction of sp³-hybridized carbons (Fsp3) is 0.286. The van der Waals surface area contributed by atoms with E-state index in [0.717, 1.165) is 16.3 Å². The summed E-state index contributed by atoms with van der Waals surface area (Å²) in [6.07, 6.45) is 0.712. The second kappa shape index (κ2) is 9.47. The fourth-order valence-corrected chi connectivity index (χ4v) is 3.26. The van der Waals surface area contributed by atoms with Crippen LogP contribution in [0.3, 0.4) is 0 Å². The summed E-state index contributed by atoms with van der Waals surface area (Å²) in [4.78, 5) is 23.5. The van der Waals surface area contributed by atoms with Gasteiger partial charge in [0.05, 0.1) is 11.1 Å². The molecule has 0 bridgehead atoms. The first-order chi connectivity index (χ1) is 15.0. The highest BCUT2D eigenvalue weighted by molar-refractivity contribution is 6.25. The fourth-order valence-electron chi connectivity index (χ4n) is 2.99. The molecular weight excluding hydrogens is 449 g/mol. The highest BCUT2D eigenvalue weighted by atomic mass is 35.5. The first-order valence-corrected chi connectivity index (χ1v) is 9.97. The predicted molar refractivity (Wildman–Crippen MR) is 115 cm³/mol. The van der Waals surface area contributed by atoms with Gasteiger partial charge in [0.25, 0.3) is 5.91 Å². The summed E-state index contributed by atoms with van der Waals surface area (Å²) < 4.78 is 45.9. The lowest BCUT2D eigenvalue weighted by Crippen LogP contribution is -2.22. The zero-order chi connectivity index (χ0) is 23.5. The molecule has 1 heterocycles. The van der Waals surface area contributed by atoms with E-state index in [0.29, 0.717) is 23.5 Å². The molecule has 0 saturated heterocycles. The summed E-state index contributed by atoms with van der Waals surface area (Å²) in [5, 5.41) is 8.24. The molecule has 1 aliphatic carbocycles. The Kier molecular flexibility index (Phi) is 6.93. The quantitative estimate of drug-likeness (QED) is 0.607. The number of hydrogen-bond acceptors (Lipinski definition) is 4. The van der Waals surface area contributed by atoms with Crippen molar-refractivity contribution in [3.05, 3.63) is 53.8 Å². The topological polar surface area (TPSA) is 85.2 Å². The summed E-state index contributed by atoms with van der Waals surface area (Å²) in [6, 6.07) is 5.58. The van der Waals surface area contributed by atoms with E-state index in [-0.39, 0.29) is 11.8 Å². The van der Waals surface area contributed by atoms with Gasteiger partial charge in [0.2, 0.25) is 11.8 Å². The number of aromatic nitrogens is 2. The van der Waals surface area contributed by atoms with Crippen LogP contribution in [0.15, 0.2) is 42.5 Å². The van der Waals surface area contributed by atoms with Crippen molar-refractivity contribution in [1.82, 2.24) is 9.78 Å². The third kappa shape index (κ3) is 5.70. The van der Waals surface area contributed by atoms with E-state index in [9.17, 15) is 22.8 Å². The van der Waals surface area contributed by atoms with Gasteiger partial charge >= 0.3 is 6.18 Å². The van der Waals surface area contributed by atoms with Gasteiger partial charge in [-0.3, -0.25) is 9.59 Å². The lowest BCUT2D eigenvalue weighted by atomic mass is 10.1. The molecule has 2 aromatic rings. The summed E-state index contributed by atoms with van der Waals surface area (Å²) in [5.41, 5.74) is 0.911. The molecule has 1 aromatic carbocycles. The standard InChI is InChI=1S/C21H20ClF3N4O3/c1-12-9-14(7-8-16(12)26-13(2)30)27-19(31)11-32-20-10-18(21(23,24)25)28-29(20)17-6-4-3-5-15(17)22/h3-4,6-10,15H,5,11H2,1-2H3,(H,26,30)(H,27,31). The maximum absolute atomic E-state index is 13.2. The van der Waals surface area contributed by atoms with Crippen LogP contribution in [0.2, 0.25) is 0 Å². The summed E-state index contributed by atoms with van der Waals surface area (Å²) in [6.45, 7) is 2.59. The number of aryl methyl sites for hydroxylation is 1. The van der Waals surface area contributed by atoms with Crippen molar-refractivity contribution in [2.24, 2.45) is 0 Å². The highest BCUT2D eigenvalue weighted by Gasteiger charge is 2.36. The molecule has 1 aromatic heterocycles. The Labute approximate surface area is 186 Å². The van der Waals surface area contributed by atoms with Crippen molar-refractivity contribution in [2.45, 2.75) is 31.8 Å². The molecule has 170 valence electrons. The van der Waals surface area contributed by atoms with E-state index in [1.54, 1.807) is 43.4 Å². The third-order valence-corrected chi connectivity index (χ3v) is 4.85. The predicted octanol–water partition coefficient (Wildman–Crippen LogP) is 4.59. The molecule has 0 aliphatic heterocycles. The summed E-state index contributed by atoms with van der Waals surface area (Å²) in [5.74, 6) is -1.06. The van der Waals surface area contributed by atoms with Crippen LogP contribution in [0.25, 0.3) is 5.70 Å². The molecule has 1 aliphatic rings. The smallest absolute Gasteiger partial charge is 0.435 e. The lowest BCUT2D eigenvalue weighted by molar-refractivity contribution is -0.141. The molecule has 2 N–H and O–H groups in total. The van der Waals surface area contributed by atoms with E-state index >= 15 is 0 Å². The third-order valence-electron chi connectivity index (χ3n) is 4.45. The van der Waals surface area contributed by atoms with Gasteiger partial charge in [-0.1, -0.05) is 12.2 Å². The van der Waals surface area contributed by atoms with Gasteiger partial charge in [0.1, 0.15) is 0 Å². The van der Waals surface area contributed by atoms with Crippen LogP contribution in [0.5, 0.6) is 5.88 Å². The second-order valence-corrected chi connectivity index (χ2v) is 7.57. The van der Waals surface area contributed by atoms with E-state index in [1.807, 2.05) is 0 Å². The number of allylic oxidation sites excluding steroid dienone is 4. The Morgan fingerprint density at radius 3 is 2.66 bits per heavy atom. The van der Waals surface area contributed by atoms with Crippen LogP contribution in [-0.2, 0) is 15.8 Å². The number of halogens is 4. The molecular formula is C21H20ClF3N4O3. The van der Waals surface area contributed by atoms with Crippen molar-refractivity contribution in [3.63, 3.8) is 0 Å². The Morgan fingerprint density at radius 1 is 1.28 bits per heavy atom. The molecule has 1 atom stereocenters. The SMILES string of the molecule is CC(=O)Nc1ccc(NC(=O)COc2cc(C(F)(F)F)nn2C2=CC=CCC2Cl)cc1C. The first-order valence-electron chi connectivity index (χ1n) is 9.54. The number of carbonyl (C=O) groups excluding carboxylic acids is 2. The molecule has 3 rings (SSSR count). The number of ether oxygens (including phenoxy) is 1. The van der Waals surface area contributed by atoms with Gasteiger partial charge in [-0.15, -0.1) is 11.6 Å². The van der Waals surface area contributed by atoms with Gasteiger partial charge in [-0.05, 0) is 43.2 Å². The lowest BCUT2D eigenvalue weighted by Gasteiger charge is -2.17. The molecule has 2 amide bonds. The van der Waals surface area contributed by atoms with Crippen LogP contribution in [0.4, 0.5) is 24.5 Å². The van der Waals surface area contributed by atoms with E-state index in [2.05, 4.69) is 15.7 Å². The normalized spacial score (nSPS) is 15.8.